The number of rotatable bonds is 3. The third-order valence-corrected chi connectivity index (χ3v) is 3.53. The first kappa shape index (κ1) is 12.9. The zero-order valence-electron chi connectivity index (χ0n) is 10.5. The number of benzene rings is 1. The molecule has 1 amide bonds. The Morgan fingerprint density at radius 2 is 2.33 bits per heavy atom. The fourth-order valence-electron chi connectivity index (χ4n) is 2.65. The van der Waals surface area contributed by atoms with Gasteiger partial charge in [-0.2, -0.15) is 0 Å². The second kappa shape index (κ2) is 5.85. The third kappa shape index (κ3) is 3.22. The summed E-state index contributed by atoms with van der Waals surface area (Å²) in [4.78, 5) is 11.2. The summed E-state index contributed by atoms with van der Waals surface area (Å²) in [5.74, 6) is 0.161. The van der Waals surface area contributed by atoms with Crippen LogP contribution in [0.4, 0.5) is 9.18 Å². The first-order valence-electron chi connectivity index (χ1n) is 6.28. The van der Waals surface area contributed by atoms with Crippen LogP contribution in [0.15, 0.2) is 24.3 Å². The molecule has 1 aliphatic rings. The van der Waals surface area contributed by atoms with Crippen molar-refractivity contribution < 1.29 is 13.9 Å². The molecule has 0 aliphatic heterocycles. The molecule has 1 aromatic rings. The standard InChI is InChI=1S/C14H18FNO2/c1-18-14(17)16-13-7-3-5-11(13)8-10-4-2-6-12(15)9-10/h2,4,6,9,11,13H,3,5,7-8H2,1H3,(H,16,17)/t11?,13-/m0/s1. The van der Waals surface area contributed by atoms with E-state index in [0.29, 0.717) is 5.92 Å². The monoisotopic (exact) mass is 251 g/mol. The van der Waals surface area contributed by atoms with E-state index in [1.807, 2.05) is 6.07 Å². The van der Waals surface area contributed by atoms with Gasteiger partial charge in [-0.1, -0.05) is 18.6 Å². The lowest BCUT2D eigenvalue weighted by Crippen LogP contribution is -2.37. The molecule has 1 unspecified atom stereocenters. The Labute approximate surface area is 106 Å². The number of alkyl carbamates (subject to hydrolysis) is 1. The van der Waals surface area contributed by atoms with Gasteiger partial charge < -0.3 is 10.1 Å². The van der Waals surface area contributed by atoms with E-state index in [4.69, 9.17) is 0 Å². The molecular weight excluding hydrogens is 233 g/mol. The van der Waals surface area contributed by atoms with Crippen molar-refractivity contribution in [2.75, 3.05) is 7.11 Å². The molecule has 2 atom stereocenters. The van der Waals surface area contributed by atoms with E-state index in [1.165, 1.54) is 13.2 Å². The number of carbonyl (C=O) groups is 1. The van der Waals surface area contributed by atoms with Crippen LogP contribution in [-0.2, 0) is 11.2 Å². The van der Waals surface area contributed by atoms with Crippen LogP contribution in [0.3, 0.4) is 0 Å². The summed E-state index contributed by atoms with van der Waals surface area (Å²) in [6, 6.07) is 6.80. The first-order valence-corrected chi connectivity index (χ1v) is 6.28. The zero-order valence-corrected chi connectivity index (χ0v) is 10.5. The van der Waals surface area contributed by atoms with Crippen LogP contribution >= 0.6 is 0 Å². The highest BCUT2D eigenvalue weighted by molar-refractivity contribution is 5.67. The summed E-state index contributed by atoms with van der Waals surface area (Å²) in [6.07, 6.45) is 3.53. The van der Waals surface area contributed by atoms with Gasteiger partial charge in [0.1, 0.15) is 5.82 Å². The molecule has 3 nitrogen and oxygen atoms in total. The van der Waals surface area contributed by atoms with Crippen LogP contribution < -0.4 is 5.32 Å². The highest BCUT2D eigenvalue weighted by atomic mass is 19.1. The van der Waals surface area contributed by atoms with Crippen LogP contribution in [0.25, 0.3) is 0 Å². The lowest BCUT2D eigenvalue weighted by molar-refractivity contribution is 0.163. The number of hydrogen-bond donors (Lipinski definition) is 1. The molecule has 98 valence electrons. The fraction of sp³-hybridized carbons (Fsp3) is 0.500. The lowest BCUT2D eigenvalue weighted by atomic mass is 9.94. The van der Waals surface area contributed by atoms with Crippen molar-refractivity contribution in [2.24, 2.45) is 5.92 Å². The summed E-state index contributed by atoms with van der Waals surface area (Å²) in [5, 5.41) is 2.86. The van der Waals surface area contributed by atoms with Crippen LogP contribution in [0.5, 0.6) is 0 Å². The molecule has 0 aromatic heterocycles. The van der Waals surface area contributed by atoms with E-state index >= 15 is 0 Å². The predicted molar refractivity (Wildman–Crippen MR) is 66.8 cm³/mol. The number of carbonyl (C=O) groups excluding carboxylic acids is 1. The van der Waals surface area contributed by atoms with Crippen LogP contribution in [-0.4, -0.2) is 19.2 Å². The number of halogens is 1. The van der Waals surface area contributed by atoms with E-state index in [1.54, 1.807) is 12.1 Å². The smallest absolute Gasteiger partial charge is 0.407 e. The minimum Gasteiger partial charge on any atom is -0.453 e. The lowest BCUT2D eigenvalue weighted by Gasteiger charge is -2.20. The number of methoxy groups -OCH3 is 1. The van der Waals surface area contributed by atoms with Gasteiger partial charge in [0.05, 0.1) is 7.11 Å². The van der Waals surface area contributed by atoms with Crippen molar-refractivity contribution >= 4 is 6.09 Å². The normalized spacial score (nSPS) is 22.8. The Morgan fingerprint density at radius 3 is 3.06 bits per heavy atom. The Hall–Kier alpha value is -1.58. The second-order valence-corrected chi connectivity index (χ2v) is 4.77. The van der Waals surface area contributed by atoms with Crippen molar-refractivity contribution in [1.82, 2.24) is 5.32 Å². The van der Waals surface area contributed by atoms with E-state index in [-0.39, 0.29) is 18.0 Å². The molecule has 1 fully saturated rings. The number of nitrogens with one attached hydrogen (secondary N) is 1. The van der Waals surface area contributed by atoms with Crippen LogP contribution in [0.1, 0.15) is 24.8 Å². The van der Waals surface area contributed by atoms with Crippen molar-refractivity contribution in [3.63, 3.8) is 0 Å². The molecule has 4 heteroatoms. The van der Waals surface area contributed by atoms with Crippen molar-refractivity contribution in [2.45, 2.75) is 31.7 Å². The third-order valence-electron chi connectivity index (χ3n) is 3.53. The number of amides is 1. The second-order valence-electron chi connectivity index (χ2n) is 4.77. The molecule has 0 bridgehead atoms. The zero-order chi connectivity index (χ0) is 13.0. The number of ether oxygens (including phenoxy) is 1. The van der Waals surface area contributed by atoms with Crippen molar-refractivity contribution in [1.29, 1.82) is 0 Å². The Bertz CT molecular complexity index is 422. The maximum atomic E-state index is 13.1. The van der Waals surface area contributed by atoms with Crippen LogP contribution in [0.2, 0.25) is 0 Å². The Balaban J connectivity index is 1.97. The molecule has 1 saturated carbocycles. The summed E-state index contributed by atoms with van der Waals surface area (Å²) in [7, 11) is 1.37. The van der Waals surface area contributed by atoms with Gasteiger partial charge in [-0.25, -0.2) is 9.18 Å². The molecule has 0 radical (unpaired) electrons. The Kier molecular flexibility index (Phi) is 4.18. The average molecular weight is 251 g/mol. The van der Waals surface area contributed by atoms with E-state index in [9.17, 15) is 9.18 Å². The van der Waals surface area contributed by atoms with Gasteiger partial charge in [0.25, 0.3) is 0 Å². The van der Waals surface area contributed by atoms with Gasteiger partial charge >= 0.3 is 6.09 Å². The minimum atomic E-state index is -0.383. The van der Waals surface area contributed by atoms with Crippen molar-refractivity contribution in [3.8, 4) is 0 Å². The first-order chi connectivity index (χ1) is 8.69. The average Bonchev–Trinajstić information content (AvgIpc) is 2.76. The maximum absolute atomic E-state index is 13.1. The molecule has 1 N–H and O–H groups in total. The SMILES string of the molecule is COC(=O)N[C@H]1CCCC1Cc1cccc(F)c1. The van der Waals surface area contributed by atoms with Gasteiger partial charge in [0.2, 0.25) is 0 Å². The predicted octanol–water partition coefficient (Wildman–Crippen LogP) is 2.89. The minimum absolute atomic E-state index is 0.140. The quantitative estimate of drug-likeness (QED) is 0.897. The van der Waals surface area contributed by atoms with Gasteiger partial charge in [-0.05, 0) is 42.9 Å². The Morgan fingerprint density at radius 1 is 1.50 bits per heavy atom. The van der Waals surface area contributed by atoms with Gasteiger partial charge in [0, 0.05) is 6.04 Å². The van der Waals surface area contributed by atoms with E-state index < -0.39 is 0 Å². The molecule has 0 heterocycles. The molecule has 2 rings (SSSR count). The highest BCUT2D eigenvalue weighted by Gasteiger charge is 2.28. The van der Waals surface area contributed by atoms with E-state index in [2.05, 4.69) is 10.1 Å². The van der Waals surface area contributed by atoms with Crippen LogP contribution in [0, 0.1) is 11.7 Å². The van der Waals surface area contributed by atoms with Gasteiger partial charge in [-0.3, -0.25) is 0 Å². The van der Waals surface area contributed by atoms with Crippen molar-refractivity contribution in [3.05, 3.63) is 35.6 Å². The van der Waals surface area contributed by atoms with E-state index in [0.717, 1.165) is 31.2 Å². The largest absolute Gasteiger partial charge is 0.453 e. The fourth-order valence-corrected chi connectivity index (χ4v) is 2.65. The summed E-state index contributed by atoms with van der Waals surface area (Å²) < 4.78 is 17.7. The molecule has 1 aromatic carbocycles. The summed E-state index contributed by atoms with van der Waals surface area (Å²) in [6.45, 7) is 0. The molecule has 18 heavy (non-hydrogen) atoms. The maximum Gasteiger partial charge on any atom is 0.407 e. The summed E-state index contributed by atoms with van der Waals surface area (Å²) in [5.41, 5.74) is 0.985. The molecular formula is C14H18FNO2. The number of hydrogen-bond acceptors (Lipinski definition) is 2. The van der Waals surface area contributed by atoms with Gasteiger partial charge in [0.15, 0.2) is 0 Å². The highest BCUT2D eigenvalue weighted by Crippen LogP contribution is 2.29. The summed E-state index contributed by atoms with van der Waals surface area (Å²) >= 11 is 0. The van der Waals surface area contributed by atoms with Gasteiger partial charge in [-0.15, -0.1) is 0 Å². The molecule has 0 spiro atoms. The molecule has 0 saturated heterocycles. The molecule has 1 aliphatic carbocycles. The topological polar surface area (TPSA) is 38.3 Å².